The van der Waals surface area contributed by atoms with Crippen LogP contribution < -0.4 is 5.73 Å². The lowest BCUT2D eigenvalue weighted by molar-refractivity contribution is 0.425. The van der Waals surface area contributed by atoms with Gasteiger partial charge in [-0.25, -0.2) is 0 Å². The first-order chi connectivity index (χ1) is 9.10. The van der Waals surface area contributed by atoms with Gasteiger partial charge in [-0.3, -0.25) is 0 Å². The predicted octanol–water partition coefficient (Wildman–Crippen LogP) is 4.00. The second-order valence-corrected chi connectivity index (χ2v) is 6.12. The van der Waals surface area contributed by atoms with Gasteiger partial charge in [-0.2, -0.15) is 16.7 Å². The Morgan fingerprint density at radius 1 is 1.47 bits per heavy atom. The lowest BCUT2D eigenvalue weighted by Crippen LogP contribution is -1.94. The van der Waals surface area contributed by atoms with E-state index in [1.807, 2.05) is 17.8 Å². The van der Waals surface area contributed by atoms with E-state index in [0.717, 1.165) is 17.7 Å². The summed E-state index contributed by atoms with van der Waals surface area (Å²) in [6.45, 7) is 4.35. The molecular formula is C13H16ClN3OS. The molecule has 1 unspecified atom stereocenters. The summed E-state index contributed by atoms with van der Waals surface area (Å²) in [5, 5.41) is 5.05. The molecule has 6 heteroatoms. The van der Waals surface area contributed by atoms with Gasteiger partial charge in [0.2, 0.25) is 0 Å². The number of rotatable bonds is 5. The van der Waals surface area contributed by atoms with Crippen molar-refractivity contribution in [2.75, 3.05) is 5.73 Å². The fraction of sp³-hybridized carbons (Fsp3) is 0.385. The number of halogens is 1. The van der Waals surface area contributed by atoms with Gasteiger partial charge in [0.15, 0.2) is 5.82 Å². The maximum absolute atomic E-state index is 5.97. The van der Waals surface area contributed by atoms with E-state index in [1.165, 1.54) is 0 Å². The number of thioether (sulfide) groups is 1. The Kier molecular flexibility index (Phi) is 4.71. The summed E-state index contributed by atoms with van der Waals surface area (Å²) in [6, 6.07) is 5.28. The molecule has 0 bridgehead atoms. The summed E-state index contributed by atoms with van der Waals surface area (Å²) in [5.74, 6) is 1.93. The summed E-state index contributed by atoms with van der Waals surface area (Å²) in [5.41, 5.74) is 6.99. The zero-order valence-electron chi connectivity index (χ0n) is 10.9. The molecule has 0 amide bonds. The molecule has 1 aromatic carbocycles. The van der Waals surface area contributed by atoms with Gasteiger partial charge in [0.1, 0.15) is 0 Å². The maximum Gasteiger partial charge on any atom is 0.258 e. The van der Waals surface area contributed by atoms with Crippen molar-refractivity contribution < 1.29 is 4.52 Å². The van der Waals surface area contributed by atoms with E-state index in [-0.39, 0.29) is 0 Å². The summed E-state index contributed by atoms with van der Waals surface area (Å²) in [6.07, 6.45) is 1.13. The molecule has 0 spiro atoms. The lowest BCUT2D eigenvalue weighted by atomic mass is 10.2. The van der Waals surface area contributed by atoms with Crippen LogP contribution in [0.1, 0.15) is 26.1 Å². The van der Waals surface area contributed by atoms with Gasteiger partial charge in [0, 0.05) is 10.8 Å². The first-order valence-electron chi connectivity index (χ1n) is 6.09. The van der Waals surface area contributed by atoms with Gasteiger partial charge >= 0.3 is 0 Å². The second kappa shape index (κ2) is 6.30. The Labute approximate surface area is 121 Å². The van der Waals surface area contributed by atoms with Crippen LogP contribution in [-0.4, -0.2) is 15.4 Å². The molecule has 0 saturated heterocycles. The SMILES string of the molecule is CCC(C)SCc1noc(-c2ccc(N)c(Cl)c2)n1. The first-order valence-corrected chi connectivity index (χ1v) is 7.52. The summed E-state index contributed by atoms with van der Waals surface area (Å²) in [4.78, 5) is 4.36. The number of aromatic nitrogens is 2. The molecule has 0 aliphatic rings. The number of nitrogens with two attached hydrogens (primary N) is 1. The third-order valence-electron chi connectivity index (χ3n) is 2.79. The van der Waals surface area contributed by atoms with Crippen molar-refractivity contribution in [1.29, 1.82) is 0 Å². The number of nitrogens with zero attached hydrogens (tertiary/aromatic N) is 2. The summed E-state index contributed by atoms with van der Waals surface area (Å²) < 4.78 is 5.24. The van der Waals surface area contributed by atoms with E-state index in [1.54, 1.807) is 12.1 Å². The highest BCUT2D eigenvalue weighted by atomic mass is 35.5. The van der Waals surface area contributed by atoms with Crippen LogP contribution in [0.3, 0.4) is 0 Å². The summed E-state index contributed by atoms with van der Waals surface area (Å²) >= 11 is 7.79. The molecule has 2 rings (SSSR count). The van der Waals surface area contributed by atoms with Crippen molar-refractivity contribution in [3.63, 3.8) is 0 Å². The third-order valence-corrected chi connectivity index (χ3v) is 4.44. The minimum absolute atomic E-state index is 0.474. The predicted molar refractivity (Wildman–Crippen MR) is 80.2 cm³/mol. The van der Waals surface area contributed by atoms with Gasteiger partial charge in [0.05, 0.1) is 16.5 Å². The van der Waals surface area contributed by atoms with E-state index in [2.05, 4.69) is 24.0 Å². The van der Waals surface area contributed by atoms with Crippen LogP contribution in [0.15, 0.2) is 22.7 Å². The number of benzene rings is 1. The molecule has 0 aliphatic heterocycles. The van der Waals surface area contributed by atoms with Crippen LogP contribution >= 0.6 is 23.4 Å². The van der Waals surface area contributed by atoms with Crippen molar-refractivity contribution in [3.05, 3.63) is 29.0 Å². The first kappa shape index (κ1) is 14.2. The highest BCUT2D eigenvalue weighted by molar-refractivity contribution is 7.99. The molecule has 0 aliphatic carbocycles. The quantitative estimate of drug-likeness (QED) is 0.845. The third kappa shape index (κ3) is 3.64. The van der Waals surface area contributed by atoms with Crippen molar-refractivity contribution in [2.45, 2.75) is 31.3 Å². The summed E-state index contributed by atoms with van der Waals surface area (Å²) in [7, 11) is 0. The van der Waals surface area contributed by atoms with E-state index in [0.29, 0.717) is 27.7 Å². The molecule has 0 fully saturated rings. The largest absolute Gasteiger partial charge is 0.398 e. The van der Waals surface area contributed by atoms with Crippen molar-refractivity contribution in [1.82, 2.24) is 10.1 Å². The van der Waals surface area contributed by atoms with Gasteiger partial charge in [0.25, 0.3) is 5.89 Å². The Balaban J connectivity index is 2.09. The standard InChI is InChI=1S/C13H16ClN3OS/c1-3-8(2)19-7-12-16-13(18-17-12)9-4-5-11(15)10(14)6-9/h4-6,8H,3,7,15H2,1-2H3. The van der Waals surface area contributed by atoms with Gasteiger partial charge in [-0.15, -0.1) is 0 Å². The van der Waals surface area contributed by atoms with Crippen LogP contribution in [0.4, 0.5) is 5.69 Å². The van der Waals surface area contributed by atoms with Crippen LogP contribution in [0, 0.1) is 0 Å². The Morgan fingerprint density at radius 3 is 2.95 bits per heavy atom. The van der Waals surface area contributed by atoms with Gasteiger partial charge in [-0.05, 0) is 24.6 Å². The Hall–Kier alpha value is -1.20. The molecule has 0 saturated carbocycles. The molecule has 4 nitrogen and oxygen atoms in total. The van der Waals surface area contributed by atoms with E-state index >= 15 is 0 Å². The molecule has 1 heterocycles. The van der Waals surface area contributed by atoms with Crippen molar-refractivity contribution in [2.24, 2.45) is 0 Å². The molecule has 1 atom stereocenters. The Morgan fingerprint density at radius 2 is 2.26 bits per heavy atom. The minimum Gasteiger partial charge on any atom is -0.398 e. The number of hydrogen-bond donors (Lipinski definition) is 1. The minimum atomic E-state index is 0.474. The number of hydrogen-bond acceptors (Lipinski definition) is 5. The van der Waals surface area contributed by atoms with E-state index < -0.39 is 0 Å². The van der Waals surface area contributed by atoms with Crippen LogP contribution in [0.2, 0.25) is 5.02 Å². The molecule has 19 heavy (non-hydrogen) atoms. The van der Waals surface area contributed by atoms with Crippen LogP contribution in [0.5, 0.6) is 0 Å². The van der Waals surface area contributed by atoms with Crippen molar-refractivity contribution in [3.8, 4) is 11.5 Å². The smallest absolute Gasteiger partial charge is 0.258 e. The van der Waals surface area contributed by atoms with Crippen LogP contribution in [0.25, 0.3) is 11.5 Å². The van der Waals surface area contributed by atoms with Crippen LogP contribution in [-0.2, 0) is 5.75 Å². The highest BCUT2D eigenvalue weighted by Crippen LogP contribution is 2.26. The fourth-order valence-electron chi connectivity index (χ4n) is 1.42. The van der Waals surface area contributed by atoms with Gasteiger partial charge < -0.3 is 10.3 Å². The molecule has 2 aromatic rings. The zero-order chi connectivity index (χ0) is 13.8. The average molecular weight is 298 g/mol. The second-order valence-electron chi connectivity index (χ2n) is 4.28. The van der Waals surface area contributed by atoms with Gasteiger partial charge in [-0.1, -0.05) is 30.6 Å². The topological polar surface area (TPSA) is 64.9 Å². The number of nitrogen functional groups attached to an aromatic ring is 1. The fourth-order valence-corrected chi connectivity index (χ4v) is 2.39. The monoisotopic (exact) mass is 297 g/mol. The molecule has 1 aromatic heterocycles. The highest BCUT2D eigenvalue weighted by Gasteiger charge is 2.11. The zero-order valence-corrected chi connectivity index (χ0v) is 12.5. The molecule has 2 N–H and O–H groups in total. The molecule has 102 valence electrons. The Bertz CT molecular complexity index is 559. The normalized spacial score (nSPS) is 12.6. The lowest BCUT2D eigenvalue weighted by Gasteiger charge is -2.04. The number of anilines is 1. The molecular weight excluding hydrogens is 282 g/mol. The van der Waals surface area contributed by atoms with E-state index in [9.17, 15) is 0 Å². The van der Waals surface area contributed by atoms with Crippen molar-refractivity contribution >= 4 is 29.1 Å². The molecule has 0 radical (unpaired) electrons. The maximum atomic E-state index is 5.97. The van der Waals surface area contributed by atoms with E-state index in [4.69, 9.17) is 21.9 Å². The average Bonchev–Trinajstić information content (AvgIpc) is 2.88.